The highest BCUT2D eigenvalue weighted by Crippen LogP contribution is 2.24. The molecule has 0 atom stereocenters. The molecule has 4 N–H and O–H groups in total. The normalized spacial score (nSPS) is 11.7. The molecule has 0 spiro atoms. The molecule has 0 fully saturated rings. The number of nitrogens with zero attached hydrogens (tertiary/aromatic N) is 3. The highest BCUT2D eigenvalue weighted by molar-refractivity contribution is 5.95. The van der Waals surface area contributed by atoms with Crippen LogP contribution in [0.3, 0.4) is 0 Å². The van der Waals surface area contributed by atoms with Crippen LogP contribution >= 0.6 is 0 Å². The molecule has 3 aromatic carbocycles. The van der Waals surface area contributed by atoms with Gasteiger partial charge >= 0.3 is 0 Å². The molecular weight excluding hydrogens is 360 g/mol. The predicted molar refractivity (Wildman–Crippen MR) is 116 cm³/mol. The molecule has 1 aliphatic heterocycles. The van der Waals surface area contributed by atoms with Crippen molar-refractivity contribution in [3.63, 3.8) is 0 Å². The van der Waals surface area contributed by atoms with Gasteiger partial charge in [0.1, 0.15) is 5.84 Å². The Morgan fingerprint density at radius 2 is 1.86 bits per heavy atom. The zero-order valence-electron chi connectivity index (χ0n) is 15.6. The topological polar surface area (TPSA) is 99.0 Å². The second-order valence-corrected chi connectivity index (χ2v) is 6.43. The molecule has 0 radical (unpaired) electrons. The van der Waals surface area contributed by atoms with Crippen LogP contribution in [0.1, 0.15) is 22.3 Å². The van der Waals surface area contributed by atoms with Crippen molar-refractivity contribution in [2.45, 2.75) is 6.42 Å². The monoisotopic (exact) mass is 378 g/mol. The van der Waals surface area contributed by atoms with Gasteiger partial charge in [0.15, 0.2) is 0 Å². The fraction of sp³-hybridized carbons (Fsp3) is 0.0435. The molecule has 6 nitrogen and oxygen atoms in total. The summed E-state index contributed by atoms with van der Waals surface area (Å²) in [6.07, 6.45) is 2.77. The molecule has 1 aliphatic rings. The summed E-state index contributed by atoms with van der Waals surface area (Å²) in [4.78, 5) is 4.32. The van der Waals surface area contributed by atoms with E-state index in [1.54, 1.807) is 24.3 Å². The van der Waals surface area contributed by atoms with Crippen molar-refractivity contribution in [3.8, 4) is 11.8 Å². The van der Waals surface area contributed by atoms with Gasteiger partial charge in [-0.25, -0.2) is 0 Å². The van der Waals surface area contributed by atoms with Gasteiger partial charge in [-0.3, -0.25) is 15.8 Å². The molecule has 0 saturated heterocycles. The van der Waals surface area contributed by atoms with Gasteiger partial charge in [-0.2, -0.15) is 0 Å². The van der Waals surface area contributed by atoms with Crippen molar-refractivity contribution in [3.05, 3.63) is 89.0 Å². The van der Waals surface area contributed by atoms with E-state index in [0.29, 0.717) is 11.3 Å². The van der Waals surface area contributed by atoms with Crippen LogP contribution in [0.15, 0.2) is 82.1 Å². The van der Waals surface area contributed by atoms with E-state index in [-0.39, 0.29) is 5.84 Å². The van der Waals surface area contributed by atoms with Gasteiger partial charge in [0, 0.05) is 29.3 Å². The Morgan fingerprint density at radius 3 is 2.69 bits per heavy atom. The smallest absolute Gasteiger partial charge is 0.122 e. The van der Waals surface area contributed by atoms with Gasteiger partial charge in [-0.15, -0.1) is 5.11 Å². The molecule has 0 bridgehead atoms. The lowest BCUT2D eigenvalue weighted by atomic mass is 10.1. The second kappa shape index (κ2) is 8.19. The molecule has 6 heteroatoms. The minimum Gasteiger partial charge on any atom is -0.384 e. The summed E-state index contributed by atoms with van der Waals surface area (Å²) < 4.78 is 0. The molecule has 1 heterocycles. The van der Waals surface area contributed by atoms with Gasteiger partial charge in [0.2, 0.25) is 0 Å². The van der Waals surface area contributed by atoms with Gasteiger partial charge in [-0.05, 0) is 60.2 Å². The first kappa shape index (κ1) is 18.1. The van der Waals surface area contributed by atoms with E-state index in [2.05, 4.69) is 38.7 Å². The van der Waals surface area contributed by atoms with E-state index >= 15 is 0 Å². The van der Waals surface area contributed by atoms with E-state index in [1.165, 1.54) is 5.56 Å². The lowest BCUT2D eigenvalue weighted by Gasteiger charge is -2.02. The number of aliphatic imine (C=N–C) groups is 1. The van der Waals surface area contributed by atoms with Gasteiger partial charge in [-0.1, -0.05) is 29.2 Å². The van der Waals surface area contributed by atoms with Crippen molar-refractivity contribution in [1.29, 1.82) is 5.41 Å². The van der Waals surface area contributed by atoms with Crippen LogP contribution < -0.4 is 11.2 Å². The summed E-state index contributed by atoms with van der Waals surface area (Å²) in [5, 5.41) is 15.6. The Morgan fingerprint density at radius 1 is 1.03 bits per heavy atom. The Balaban J connectivity index is 1.48. The van der Waals surface area contributed by atoms with Crippen molar-refractivity contribution < 1.29 is 0 Å². The molecule has 0 unspecified atom stereocenters. The molecule has 29 heavy (non-hydrogen) atoms. The second-order valence-electron chi connectivity index (χ2n) is 6.43. The van der Waals surface area contributed by atoms with Gasteiger partial charge in [0.25, 0.3) is 0 Å². The van der Waals surface area contributed by atoms with Gasteiger partial charge in [0.05, 0.1) is 17.1 Å². The SMILES string of the molecule is N=C(N)c1ccc(/N=N/Nc2ccccc2C#Cc2ccc3c(c2)CC=N3)cc1. The van der Waals surface area contributed by atoms with E-state index in [9.17, 15) is 0 Å². The average molecular weight is 378 g/mol. The number of para-hydroxylation sites is 1. The number of nitrogen functional groups attached to an aromatic ring is 1. The maximum absolute atomic E-state index is 7.41. The highest BCUT2D eigenvalue weighted by atomic mass is 15.4. The summed E-state index contributed by atoms with van der Waals surface area (Å²) in [6.45, 7) is 0. The van der Waals surface area contributed by atoms with Crippen LogP contribution in [0.2, 0.25) is 0 Å². The summed E-state index contributed by atoms with van der Waals surface area (Å²) in [7, 11) is 0. The number of anilines is 1. The molecule has 4 rings (SSSR count). The van der Waals surface area contributed by atoms with E-state index in [4.69, 9.17) is 11.1 Å². The fourth-order valence-corrected chi connectivity index (χ4v) is 2.87. The third-order valence-corrected chi connectivity index (χ3v) is 4.40. The van der Waals surface area contributed by atoms with Crippen molar-refractivity contribution in [2.75, 3.05) is 5.43 Å². The summed E-state index contributed by atoms with van der Waals surface area (Å²) in [6, 6.07) is 20.7. The number of fused-ring (bicyclic) bond motifs is 1. The molecule has 0 saturated carbocycles. The lowest BCUT2D eigenvalue weighted by molar-refractivity contribution is 1.13. The molecular formula is C23H18N6. The first-order valence-corrected chi connectivity index (χ1v) is 9.07. The van der Waals surface area contributed by atoms with Crippen LogP contribution in [-0.4, -0.2) is 12.1 Å². The number of hydrogen-bond donors (Lipinski definition) is 3. The van der Waals surface area contributed by atoms with E-state index in [1.807, 2.05) is 42.6 Å². The number of amidine groups is 1. The number of benzene rings is 3. The number of nitrogens with two attached hydrogens (primary N) is 1. The van der Waals surface area contributed by atoms with Crippen LogP contribution in [0.25, 0.3) is 0 Å². The lowest BCUT2D eigenvalue weighted by Crippen LogP contribution is -2.10. The minimum absolute atomic E-state index is 0.0232. The van der Waals surface area contributed by atoms with Crippen molar-refractivity contribution >= 4 is 29.1 Å². The maximum Gasteiger partial charge on any atom is 0.122 e. The van der Waals surface area contributed by atoms with E-state index < -0.39 is 0 Å². The zero-order valence-corrected chi connectivity index (χ0v) is 15.6. The summed E-state index contributed by atoms with van der Waals surface area (Å²) in [5.74, 6) is 6.43. The number of nitrogens with one attached hydrogen (secondary N) is 2. The quantitative estimate of drug-likeness (QED) is 0.201. The molecule has 3 aromatic rings. The zero-order chi connectivity index (χ0) is 20.1. The van der Waals surface area contributed by atoms with Crippen LogP contribution in [0, 0.1) is 17.3 Å². The maximum atomic E-state index is 7.41. The highest BCUT2D eigenvalue weighted by Gasteiger charge is 2.06. The Kier molecular flexibility index (Phi) is 5.12. The molecule has 0 aromatic heterocycles. The molecule has 0 aliphatic carbocycles. The van der Waals surface area contributed by atoms with E-state index in [0.717, 1.165) is 28.9 Å². The Hall–Kier alpha value is -4.24. The first-order chi connectivity index (χ1) is 14.2. The minimum atomic E-state index is 0.0232. The Labute approximate surface area is 168 Å². The fourth-order valence-electron chi connectivity index (χ4n) is 2.87. The number of rotatable bonds is 4. The largest absolute Gasteiger partial charge is 0.384 e. The Bertz CT molecular complexity index is 1180. The van der Waals surface area contributed by atoms with Crippen LogP contribution in [-0.2, 0) is 6.42 Å². The predicted octanol–water partition coefficient (Wildman–Crippen LogP) is 4.74. The standard InChI is InChI=1S/C23H18N6/c24-23(25)18-8-10-20(11-9-18)27-29-28-22-4-2-1-3-17(22)7-5-16-6-12-21-19(15-16)13-14-26-21/h1-4,6,8-12,14-15H,13H2,(H3,24,25)(H,27,28). The molecule has 0 amide bonds. The van der Waals surface area contributed by atoms with Crippen molar-refractivity contribution in [1.82, 2.24) is 0 Å². The van der Waals surface area contributed by atoms with Crippen LogP contribution in [0.5, 0.6) is 0 Å². The summed E-state index contributed by atoms with van der Waals surface area (Å²) >= 11 is 0. The number of hydrogen-bond acceptors (Lipinski definition) is 4. The molecule has 140 valence electrons. The van der Waals surface area contributed by atoms with Gasteiger partial charge < -0.3 is 5.73 Å². The summed E-state index contributed by atoms with van der Waals surface area (Å²) in [5.41, 5.74) is 14.5. The third kappa shape index (κ3) is 4.37. The third-order valence-electron chi connectivity index (χ3n) is 4.40. The average Bonchev–Trinajstić information content (AvgIpc) is 3.21. The first-order valence-electron chi connectivity index (χ1n) is 9.07. The van der Waals surface area contributed by atoms with Crippen LogP contribution in [0.4, 0.5) is 17.1 Å². The van der Waals surface area contributed by atoms with Crippen molar-refractivity contribution in [2.24, 2.45) is 21.1 Å².